The van der Waals surface area contributed by atoms with Crippen LogP contribution in [0.2, 0.25) is 0 Å². The van der Waals surface area contributed by atoms with Crippen molar-refractivity contribution in [2.24, 2.45) is 0 Å². The van der Waals surface area contributed by atoms with Gasteiger partial charge in [-0.3, -0.25) is 0 Å². The molecule has 1 aromatic heterocycles. The van der Waals surface area contributed by atoms with Gasteiger partial charge in [-0.05, 0) is 45.8 Å². The van der Waals surface area contributed by atoms with Gasteiger partial charge in [0.1, 0.15) is 10.7 Å². The summed E-state index contributed by atoms with van der Waals surface area (Å²) >= 11 is 3.33. The Kier molecular flexibility index (Phi) is 4.53. The molecule has 4 nitrogen and oxygen atoms in total. The third kappa shape index (κ3) is 3.43. The van der Waals surface area contributed by atoms with E-state index >= 15 is 0 Å². The highest BCUT2D eigenvalue weighted by Crippen LogP contribution is 2.24. The molecule has 2 heterocycles. The molecule has 3 rings (SSSR count). The number of halogens is 1. The normalized spacial score (nSPS) is 16.8. The highest BCUT2D eigenvalue weighted by molar-refractivity contribution is 9.10. The molecule has 1 N–H and O–H groups in total. The molecule has 1 fully saturated rings. The zero-order valence-corrected chi connectivity index (χ0v) is 13.2. The Bertz CT molecular complexity index is 597. The predicted octanol–water partition coefficient (Wildman–Crippen LogP) is 2.76. The molecule has 0 spiro atoms. The molecule has 1 aliphatic rings. The van der Waals surface area contributed by atoms with Gasteiger partial charge < -0.3 is 14.7 Å². The molecule has 0 radical (unpaired) electrons. The second kappa shape index (κ2) is 6.56. The number of hydrogen-bond donors (Lipinski definition) is 1. The summed E-state index contributed by atoms with van der Waals surface area (Å²) in [6, 6.07) is 13.5. The van der Waals surface area contributed by atoms with Crippen molar-refractivity contribution in [1.29, 1.82) is 0 Å². The largest absolute Gasteiger partial charge is 0.382 e. The first-order valence-electron chi connectivity index (χ1n) is 6.97. The minimum Gasteiger partial charge on any atom is -0.382 e. The first-order chi connectivity index (χ1) is 10.2. The van der Waals surface area contributed by atoms with E-state index in [-0.39, 0.29) is 0 Å². The van der Waals surface area contributed by atoms with Crippen LogP contribution in [0.4, 0.5) is 5.69 Å². The molecule has 5 heteroatoms. The van der Waals surface area contributed by atoms with Crippen molar-refractivity contribution in [2.45, 2.75) is 6.10 Å². The lowest BCUT2D eigenvalue weighted by Gasteiger charge is -2.29. The van der Waals surface area contributed by atoms with Crippen LogP contribution in [-0.4, -0.2) is 36.4 Å². The smallest absolute Gasteiger partial charge is 0.121 e. The second-order valence-electron chi connectivity index (χ2n) is 4.98. The van der Waals surface area contributed by atoms with E-state index in [0.29, 0.717) is 5.69 Å². The fourth-order valence-corrected chi connectivity index (χ4v) is 2.79. The van der Waals surface area contributed by atoms with Crippen molar-refractivity contribution >= 4 is 21.6 Å². The van der Waals surface area contributed by atoms with Crippen LogP contribution in [-0.2, 0) is 4.74 Å². The van der Waals surface area contributed by atoms with Crippen LogP contribution >= 0.6 is 15.9 Å². The van der Waals surface area contributed by atoms with Crippen LogP contribution in [0.25, 0.3) is 0 Å². The SMILES string of the molecule is O[C@@H](c1ccc(N2CCOCC2)cc1)c1cccc(Br)n1. The maximum Gasteiger partial charge on any atom is 0.121 e. The van der Waals surface area contributed by atoms with E-state index in [1.165, 1.54) is 0 Å². The lowest BCUT2D eigenvalue weighted by atomic mass is 10.1. The standard InChI is InChI=1S/C16H17BrN2O2/c17-15-3-1-2-14(18-15)16(20)12-4-6-13(7-5-12)19-8-10-21-11-9-19/h1-7,16,20H,8-11H2/t16-/m0/s1. The van der Waals surface area contributed by atoms with Crippen molar-refractivity contribution in [3.63, 3.8) is 0 Å². The van der Waals surface area contributed by atoms with Gasteiger partial charge in [0.2, 0.25) is 0 Å². The van der Waals surface area contributed by atoms with Crippen LogP contribution in [0.1, 0.15) is 17.4 Å². The summed E-state index contributed by atoms with van der Waals surface area (Å²) in [6.45, 7) is 3.36. The summed E-state index contributed by atoms with van der Waals surface area (Å²) in [5, 5.41) is 10.4. The van der Waals surface area contributed by atoms with Gasteiger partial charge in [0, 0.05) is 18.8 Å². The highest BCUT2D eigenvalue weighted by Gasteiger charge is 2.14. The van der Waals surface area contributed by atoms with Gasteiger partial charge in [-0.15, -0.1) is 0 Å². The molecule has 1 aliphatic heterocycles. The summed E-state index contributed by atoms with van der Waals surface area (Å²) in [5.41, 5.74) is 2.65. The van der Waals surface area contributed by atoms with Crippen LogP contribution in [0.3, 0.4) is 0 Å². The molecular weight excluding hydrogens is 332 g/mol. The summed E-state index contributed by atoms with van der Waals surface area (Å²) < 4.78 is 6.08. The van der Waals surface area contributed by atoms with Crippen LogP contribution < -0.4 is 4.90 Å². The quantitative estimate of drug-likeness (QED) is 0.866. The van der Waals surface area contributed by atoms with Gasteiger partial charge >= 0.3 is 0 Å². The zero-order chi connectivity index (χ0) is 14.7. The van der Waals surface area contributed by atoms with Gasteiger partial charge in [0.15, 0.2) is 0 Å². The predicted molar refractivity (Wildman–Crippen MR) is 85.5 cm³/mol. The molecule has 0 amide bonds. The first kappa shape index (κ1) is 14.5. The Hall–Kier alpha value is -1.43. The average Bonchev–Trinajstić information content (AvgIpc) is 2.55. The zero-order valence-electron chi connectivity index (χ0n) is 11.6. The van der Waals surface area contributed by atoms with Crippen LogP contribution in [0.15, 0.2) is 47.1 Å². The second-order valence-corrected chi connectivity index (χ2v) is 5.79. The Morgan fingerprint density at radius 3 is 2.48 bits per heavy atom. The van der Waals surface area contributed by atoms with Crippen molar-refractivity contribution in [3.05, 3.63) is 58.3 Å². The highest BCUT2D eigenvalue weighted by atomic mass is 79.9. The summed E-state index contributed by atoms with van der Waals surface area (Å²) in [7, 11) is 0. The molecular formula is C16H17BrN2O2. The number of aliphatic hydroxyl groups is 1. The molecule has 110 valence electrons. The van der Waals surface area contributed by atoms with Gasteiger partial charge in [0.25, 0.3) is 0 Å². The number of aliphatic hydroxyl groups excluding tert-OH is 1. The molecule has 0 bridgehead atoms. The summed E-state index contributed by atoms with van der Waals surface area (Å²) in [6.07, 6.45) is -0.707. The molecule has 21 heavy (non-hydrogen) atoms. The third-order valence-corrected chi connectivity index (χ3v) is 4.04. The third-order valence-electron chi connectivity index (χ3n) is 3.60. The maximum absolute atomic E-state index is 10.4. The fourth-order valence-electron chi connectivity index (χ4n) is 2.44. The van der Waals surface area contributed by atoms with Crippen molar-refractivity contribution in [2.75, 3.05) is 31.2 Å². The number of ether oxygens (including phenoxy) is 1. The number of nitrogens with zero attached hydrogens (tertiary/aromatic N) is 2. The van der Waals surface area contributed by atoms with E-state index in [9.17, 15) is 5.11 Å². The fraction of sp³-hybridized carbons (Fsp3) is 0.312. The van der Waals surface area contributed by atoms with E-state index in [2.05, 4.69) is 25.8 Å². The van der Waals surface area contributed by atoms with Gasteiger partial charge in [-0.1, -0.05) is 18.2 Å². The van der Waals surface area contributed by atoms with E-state index < -0.39 is 6.10 Å². The number of morpholine rings is 1. The molecule has 0 saturated carbocycles. The van der Waals surface area contributed by atoms with E-state index in [0.717, 1.165) is 42.2 Å². The number of benzene rings is 1. The molecule has 2 aromatic rings. The number of hydrogen-bond acceptors (Lipinski definition) is 4. The van der Waals surface area contributed by atoms with Gasteiger partial charge in [-0.2, -0.15) is 0 Å². The molecule has 0 unspecified atom stereocenters. The van der Waals surface area contributed by atoms with E-state index in [4.69, 9.17) is 4.74 Å². The Balaban J connectivity index is 1.77. The topological polar surface area (TPSA) is 45.6 Å². The van der Waals surface area contributed by atoms with Crippen molar-refractivity contribution in [1.82, 2.24) is 4.98 Å². The monoisotopic (exact) mass is 348 g/mol. The number of aromatic nitrogens is 1. The first-order valence-corrected chi connectivity index (χ1v) is 7.76. The van der Waals surface area contributed by atoms with Crippen molar-refractivity contribution < 1.29 is 9.84 Å². The van der Waals surface area contributed by atoms with E-state index in [1.54, 1.807) is 0 Å². The number of rotatable bonds is 3. The number of anilines is 1. The number of pyridine rings is 1. The Morgan fingerprint density at radius 2 is 1.81 bits per heavy atom. The Morgan fingerprint density at radius 1 is 1.10 bits per heavy atom. The summed E-state index contributed by atoms with van der Waals surface area (Å²) in [5.74, 6) is 0. The maximum atomic E-state index is 10.4. The lowest BCUT2D eigenvalue weighted by Crippen LogP contribution is -2.36. The van der Waals surface area contributed by atoms with Crippen molar-refractivity contribution in [3.8, 4) is 0 Å². The molecule has 1 atom stereocenters. The molecule has 1 saturated heterocycles. The van der Waals surface area contributed by atoms with E-state index in [1.807, 2.05) is 42.5 Å². The molecule has 0 aliphatic carbocycles. The van der Waals surface area contributed by atoms with Crippen LogP contribution in [0.5, 0.6) is 0 Å². The summed E-state index contributed by atoms with van der Waals surface area (Å²) in [4.78, 5) is 6.59. The van der Waals surface area contributed by atoms with Crippen LogP contribution in [0, 0.1) is 0 Å². The Labute approximate surface area is 132 Å². The lowest BCUT2D eigenvalue weighted by molar-refractivity contribution is 0.122. The van der Waals surface area contributed by atoms with Gasteiger partial charge in [-0.25, -0.2) is 4.98 Å². The molecule has 1 aromatic carbocycles. The average molecular weight is 349 g/mol. The minimum atomic E-state index is -0.707. The minimum absolute atomic E-state index is 0.642. The van der Waals surface area contributed by atoms with Gasteiger partial charge in [0.05, 0.1) is 18.9 Å².